The van der Waals surface area contributed by atoms with Crippen LogP contribution >= 0.6 is 0 Å². The summed E-state index contributed by atoms with van der Waals surface area (Å²) in [6, 6.07) is 7.28. The molecule has 0 fully saturated rings. The highest BCUT2D eigenvalue weighted by Gasteiger charge is 2.19. The van der Waals surface area contributed by atoms with E-state index in [1.807, 2.05) is 19.1 Å². The summed E-state index contributed by atoms with van der Waals surface area (Å²) in [4.78, 5) is 9.85. The predicted octanol–water partition coefficient (Wildman–Crippen LogP) is 3.57. The van der Waals surface area contributed by atoms with Crippen LogP contribution in [0.2, 0.25) is 0 Å². The molecule has 22 heavy (non-hydrogen) atoms. The second kappa shape index (κ2) is 6.43. The number of aromatic nitrogens is 2. The Labute approximate surface area is 127 Å². The van der Waals surface area contributed by atoms with Gasteiger partial charge in [-0.2, -0.15) is 0 Å². The summed E-state index contributed by atoms with van der Waals surface area (Å²) in [6.07, 6.45) is 5.08. The van der Waals surface area contributed by atoms with E-state index >= 15 is 0 Å². The normalized spacial score (nSPS) is 10.8. The Morgan fingerprint density at radius 1 is 1.05 bits per heavy atom. The van der Waals surface area contributed by atoms with Crippen molar-refractivity contribution in [2.75, 3.05) is 4.90 Å². The van der Waals surface area contributed by atoms with Gasteiger partial charge in [0.1, 0.15) is 17.8 Å². The molecule has 6 heteroatoms. The lowest BCUT2D eigenvalue weighted by atomic mass is 10.2. The molecular weight excluding hydrogens is 285 g/mol. The molecule has 5 nitrogen and oxygen atoms in total. The van der Waals surface area contributed by atoms with Gasteiger partial charge >= 0.3 is 0 Å². The van der Waals surface area contributed by atoms with Crippen molar-refractivity contribution in [1.82, 2.24) is 9.97 Å². The van der Waals surface area contributed by atoms with Gasteiger partial charge in [-0.15, -0.1) is 0 Å². The average molecular weight is 301 g/mol. The highest BCUT2D eigenvalue weighted by molar-refractivity contribution is 5.41. The molecule has 0 saturated carbocycles. The fourth-order valence-electron chi connectivity index (χ4n) is 2.25. The van der Waals surface area contributed by atoms with Gasteiger partial charge in [0.25, 0.3) is 0 Å². The van der Waals surface area contributed by atoms with Gasteiger partial charge in [-0.1, -0.05) is 6.92 Å². The van der Waals surface area contributed by atoms with E-state index in [1.165, 1.54) is 6.33 Å². The van der Waals surface area contributed by atoms with Crippen LogP contribution < -0.4 is 4.90 Å². The standard InChI is InChI=1S/C16H16FN3O2/c1-2-14-15(17)16(19-11-18-14)20(9-12-5-3-7-21-12)10-13-6-4-8-22-13/h3-8,11H,2,9-10H2,1H3. The number of hydrogen-bond acceptors (Lipinski definition) is 5. The van der Waals surface area contributed by atoms with Crippen LogP contribution in [0.25, 0.3) is 0 Å². The Bertz CT molecular complexity index is 675. The number of nitrogens with zero attached hydrogens (tertiary/aromatic N) is 3. The maximum Gasteiger partial charge on any atom is 0.187 e. The number of halogens is 1. The quantitative estimate of drug-likeness (QED) is 0.696. The average Bonchev–Trinajstić information content (AvgIpc) is 3.20. The Balaban J connectivity index is 1.93. The third-order valence-corrected chi connectivity index (χ3v) is 3.33. The van der Waals surface area contributed by atoms with Gasteiger partial charge in [0.2, 0.25) is 0 Å². The van der Waals surface area contributed by atoms with Crippen LogP contribution in [0.4, 0.5) is 10.2 Å². The second-order valence-corrected chi connectivity index (χ2v) is 4.83. The molecular formula is C16H16FN3O2. The van der Waals surface area contributed by atoms with E-state index in [1.54, 1.807) is 29.6 Å². The minimum absolute atomic E-state index is 0.250. The van der Waals surface area contributed by atoms with Crippen molar-refractivity contribution in [2.45, 2.75) is 26.4 Å². The molecule has 3 aromatic heterocycles. The fourth-order valence-corrected chi connectivity index (χ4v) is 2.25. The first kappa shape index (κ1) is 14.3. The first-order valence-corrected chi connectivity index (χ1v) is 7.07. The van der Waals surface area contributed by atoms with E-state index < -0.39 is 5.82 Å². The van der Waals surface area contributed by atoms with Crippen LogP contribution in [0, 0.1) is 5.82 Å². The smallest absolute Gasteiger partial charge is 0.187 e. The van der Waals surface area contributed by atoms with E-state index in [2.05, 4.69) is 9.97 Å². The van der Waals surface area contributed by atoms with Crippen LogP contribution in [-0.4, -0.2) is 9.97 Å². The SMILES string of the molecule is CCc1ncnc(N(Cc2ccco2)Cc2ccco2)c1F. The summed E-state index contributed by atoms with van der Waals surface area (Å²) in [5, 5.41) is 0. The van der Waals surface area contributed by atoms with Gasteiger partial charge in [-0.3, -0.25) is 0 Å². The van der Waals surface area contributed by atoms with Crippen LogP contribution in [-0.2, 0) is 19.5 Å². The molecule has 0 aromatic carbocycles. The third kappa shape index (κ3) is 3.00. The first-order valence-electron chi connectivity index (χ1n) is 7.07. The Morgan fingerprint density at radius 2 is 1.68 bits per heavy atom. The van der Waals surface area contributed by atoms with E-state index in [0.717, 1.165) is 11.5 Å². The van der Waals surface area contributed by atoms with Gasteiger partial charge in [0.05, 0.1) is 31.3 Å². The van der Waals surface area contributed by atoms with Gasteiger partial charge in [-0.05, 0) is 30.7 Å². The third-order valence-electron chi connectivity index (χ3n) is 3.33. The van der Waals surface area contributed by atoms with Crippen molar-refractivity contribution in [3.8, 4) is 0 Å². The molecule has 0 bridgehead atoms. The fraction of sp³-hybridized carbons (Fsp3) is 0.250. The van der Waals surface area contributed by atoms with E-state index in [9.17, 15) is 4.39 Å². The van der Waals surface area contributed by atoms with E-state index in [0.29, 0.717) is 25.2 Å². The van der Waals surface area contributed by atoms with Crippen molar-refractivity contribution in [3.63, 3.8) is 0 Å². The molecule has 0 atom stereocenters. The Kier molecular flexibility index (Phi) is 4.18. The number of anilines is 1. The molecule has 0 radical (unpaired) electrons. The van der Waals surface area contributed by atoms with Crippen molar-refractivity contribution >= 4 is 5.82 Å². The maximum absolute atomic E-state index is 14.6. The van der Waals surface area contributed by atoms with Gasteiger partial charge in [-0.25, -0.2) is 14.4 Å². The van der Waals surface area contributed by atoms with E-state index in [4.69, 9.17) is 8.83 Å². The molecule has 0 aliphatic carbocycles. The highest BCUT2D eigenvalue weighted by Crippen LogP contribution is 2.23. The summed E-state index contributed by atoms with van der Waals surface area (Å²) >= 11 is 0. The summed E-state index contributed by atoms with van der Waals surface area (Å²) in [5.41, 5.74) is 0.397. The van der Waals surface area contributed by atoms with Crippen LogP contribution in [0.1, 0.15) is 24.1 Å². The maximum atomic E-state index is 14.6. The Morgan fingerprint density at radius 3 is 2.18 bits per heavy atom. The first-order chi connectivity index (χ1) is 10.8. The lowest BCUT2D eigenvalue weighted by molar-refractivity contribution is 0.470. The molecule has 3 heterocycles. The van der Waals surface area contributed by atoms with Crippen molar-refractivity contribution in [2.24, 2.45) is 0 Å². The zero-order valence-electron chi connectivity index (χ0n) is 12.2. The van der Waals surface area contributed by atoms with Crippen LogP contribution in [0.15, 0.2) is 52.0 Å². The van der Waals surface area contributed by atoms with Gasteiger partial charge in [0.15, 0.2) is 11.6 Å². The molecule has 0 amide bonds. The Hall–Kier alpha value is -2.63. The van der Waals surface area contributed by atoms with Gasteiger partial charge in [0, 0.05) is 0 Å². The zero-order chi connectivity index (χ0) is 15.4. The molecule has 0 saturated heterocycles. The number of aryl methyl sites for hydroxylation is 1. The van der Waals surface area contributed by atoms with Crippen molar-refractivity contribution in [1.29, 1.82) is 0 Å². The molecule has 0 spiro atoms. The minimum atomic E-state index is -0.400. The van der Waals surface area contributed by atoms with Crippen molar-refractivity contribution < 1.29 is 13.2 Å². The number of hydrogen-bond donors (Lipinski definition) is 0. The monoisotopic (exact) mass is 301 g/mol. The molecule has 0 aliphatic heterocycles. The lowest BCUT2D eigenvalue weighted by Crippen LogP contribution is -2.24. The second-order valence-electron chi connectivity index (χ2n) is 4.83. The molecule has 0 unspecified atom stereocenters. The summed E-state index contributed by atoms with van der Waals surface area (Å²) in [5.74, 6) is 1.30. The molecule has 0 aliphatic rings. The molecule has 114 valence electrons. The summed E-state index contributed by atoms with van der Waals surface area (Å²) in [7, 11) is 0. The van der Waals surface area contributed by atoms with Crippen LogP contribution in [0.5, 0.6) is 0 Å². The summed E-state index contributed by atoms with van der Waals surface area (Å²) < 4.78 is 25.3. The predicted molar refractivity (Wildman–Crippen MR) is 78.7 cm³/mol. The topological polar surface area (TPSA) is 55.3 Å². The lowest BCUT2D eigenvalue weighted by Gasteiger charge is -2.22. The molecule has 3 aromatic rings. The van der Waals surface area contributed by atoms with Crippen molar-refractivity contribution in [3.05, 3.63) is 66.2 Å². The molecule has 3 rings (SSSR count). The van der Waals surface area contributed by atoms with E-state index in [-0.39, 0.29) is 5.82 Å². The largest absolute Gasteiger partial charge is 0.467 e. The minimum Gasteiger partial charge on any atom is -0.467 e. The summed E-state index contributed by atoms with van der Waals surface area (Å²) in [6.45, 7) is 2.65. The number of furan rings is 2. The highest BCUT2D eigenvalue weighted by atomic mass is 19.1. The number of rotatable bonds is 6. The zero-order valence-corrected chi connectivity index (χ0v) is 12.2. The van der Waals surface area contributed by atoms with Crippen LogP contribution in [0.3, 0.4) is 0 Å². The van der Waals surface area contributed by atoms with Gasteiger partial charge < -0.3 is 13.7 Å². The molecule has 0 N–H and O–H groups in total.